The fraction of sp³-hybridized carbons (Fsp3) is 0.476. The van der Waals surface area contributed by atoms with Crippen LogP contribution in [0.4, 0.5) is 5.69 Å². The number of aliphatic hydroxyl groups excluding tert-OH is 1. The average Bonchev–Trinajstić information content (AvgIpc) is 2.70. The lowest BCUT2D eigenvalue weighted by Gasteiger charge is -2.47. The van der Waals surface area contributed by atoms with Crippen LogP contribution in [0.25, 0.3) is 0 Å². The predicted molar refractivity (Wildman–Crippen MR) is 124 cm³/mol. The van der Waals surface area contributed by atoms with E-state index in [9.17, 15) is 34.7 Å². The molecule has 0 unspecified atom stereocenters. The Bertz CT molecular complexity index is 987. The SMILES string of the molecule is CCS[C@@H]1[C@@H]([C@@H](C)O)C(=O)N1C(C(=O)O)=C(Oc1cccc([N+](=O)[O-])c1)SC(=O)C(C)(C)C. The molecule has 2 rings (SSSR count). The highest BCUT2D eigenvalue weighted by Gasteiger charge is 2.54. The zero-order valence-corrected chi connectivity index (χ0v) is 20.4. The first-order valence-corrected chi connectivity index (χ1v) is 11.9. The third-order valence-electron chi connectivity index (χ3n) is 4.62. The molecule has 1 aromatic carbocycles. The standard InChI is InChI=1S/C21H26N2O8S2/c1-6-32-17-14(11(2)24)16(25)22(17)15(18(26)27)19(33-20(28)21(3,4)5)31-13-9-7-8-12(10-13)23(29)30/h7-11,14,17,24H,6H2,1-5H3,(H,26,27)/t11-,14+,17-/m1/s1. The summed E-state index contributed by atoms with van der Waals surface area (Å²) >= 11 is 1.78. The maximum absolute atomic E-state index is 12.8. The molecule has 0 spiro atoms. The zero-order valence-electron chi connectivity index (χ0n) is 18.8. The summed E-state index contributed by atoms with van der Waals surface area (Å²) in [4.78, 5) is 49.4. The summed E-state index contributed by atoms with van der Waals surface area (Å²) in [6.45, 7) is 8.20. The van der Waals surface area contributed by atoms with Gasteiger partial charge >= 0.3 is 5.97 Å². The molecule has 0 saturated carbocycles. The third kappa shape index (κ3) is 6.06. The second-order valence-corrected chi connectivity index (χ2v) is 10.6. The summed E-state index contributed by atoms with van der Waals surface area (Å²) in [7, 11) is 0. The molecule has 10 nitrogen and oxygen atoms in total. The number of carbonyl (C=O) groups is 3. The highest BCUT2D eigenvalue weighted by atomic mass is 32.2. The molecule has 180 valence electrons. The molecule has 12 heteroatoms. The quantitative estimate of drug-likeness (QED) is 0.170. The van der Waals surface area contributed by atoms with E-state index in [2.05, 4.69) is 0 Å². The van der Waals surface area contributed by atoms with E-state index in [0.29, 0.717) is 17.5 Å². The highest BCUT2D eigenvalue weighted by Crippen LogP contribution is 2.43. The Hall–Kier alpha value is -2.57. The molecule has 0 radical (unpaired) electrons. The van der Waals surface area contributed by atoms with E-state index in [4.69, 9.17) is 4.74 Å². The van der Waals surface area contributed by atoms with Crippen molar-refractivity contribution in [3.8, 4) is 5.75 Å². The van der Waals surface area contributed by atoms with Crippen LogP contribution < -0.4 is 4.74 Å². The fourth-order valence-electron chi connectivity index (χ4n) is 2.93. The molecular formula is C21H26N2O8S2. The maximum atomic E-state index is 12.8. The molecule has 1 amide bonds. The largest absolute Gasteiger partial charge is 0.476 e. The summed E-state index contributed by atoms with van der Waals surface area (Å²) in [6.07, 6.45) is -1.00. The molecular weight excluding hydrogens is 472 g/mol. The lowest BCUT2D eigenvalue weighted by molar-refractivity contribution is -0.384. The van der Waals surface area contributed by atoms with Crippen molar-refractivity contribution >= 4 is 46.2 Å². The number of benzene rings is 1. The number of hydrogen-bond donors (Lipinski definition) is 2. The number of likely N-dealkylation sites (tertiary alicyclic amines) is 1. The van der Waals surface area contributed by atoms with Gasteiger partial charge in [-0.15, -0.1) is 11.8 Å². The van der Waals surface area contributed by atoms with E-state index >= 15 is 0 Å². The van der Waals surface area contributed by atoms with Gasteiger partial charge in [0.05, 0.1) is 28.4 Å². The Morgan fingerprint density at radius 1 is 1.33 bits per heavy atom. The van der Waals surface area contributed by atoms with Crippen LogP contribution >= 0.6 is 23.5 Å². The number of nitro benzene ring substituents is 1. The number of amides is 1. The van der Waals surface area contributed by atoms with Crippen LogP contribution in [0.15, 0.2) is 35.1 Å². The normalized spacial score (nSPS) is 19.9. The van der Waals surface area contributed by atoms with Crippen molar-refractivity contribution < 1.29 is 34.3 Å². The Kier molecular flexibility index (Phi) is 8.55. The molecule has 1 aromatic rings. The molecule has 1 fully saturated rings. The van der Waals surface area contributed by atoms with Gasteiger partial charge in [0.15, 0.2) is 10.8 Å². The van der Waals surface area contributed by atoms with Crippen molar-refractivity contribution in [3.63, 3.8) is 0 Å². The van der Waals surface area contributed by atoms with Gasteiger partial charge in [0.2, 0.25) is 11.0 Å². The molecule has 3 atom stereocenters. The highest BCUT2D eigenvalue weighted by molar-refractivity contribution is 8.16. The number of carboxylic acid groups (broad SMARTS) is 1. The zero-order chi connectivity index (χ0) is 25.1. The number of rotatable bonds is 9. The monoisotopic (exact) mass is 498 g/mol. The van der Waals surface area contributed by atoms with Crippen LogP contribution in [0, 0.1) is 21.4 Å². The van der Waals surface area contributed by atoms with Crippen molar-refractivity contribution in [1.82, 2.24) is 4.90 Å². The molecule has 0 aliphatic carbocycles. The Balaban J connectivity index is 2.62. The van der Waals surface area contributed by atoms with Crippen molar-refractivity contribution in [2.24, 2.45) is 11.3 Å². The second kappa shape index (κ2) is 10.6. The number of carbonyl (C=O) groups excluding carboxylic acids is 2. The van der Waals surface area contributed by atoms with E-state index in [-0.39, 0.29) is 16.5 Å². The van der Waals surface area contributed by atoms with E-state index in [1.54, 1.807) is 20.8 Å². The minimum atomic E-state index is -1.51. The molecule has 1 saturated heterocycles. The van der Waals surface area contributed by atoms with Gasteiger partial charge in [0.1, 0.15) is 5.75 Å². The lowest BCUT2D eigenvalue weighted by Crippen LogP contribution is -2.63. The number of β-lactam (4-membered cyclic amide) rings is 1. The van der Waals surface area contributed by atoms with Crippen LogP contribution in [-0.4, -0.2) is 54.3 Å². The molecule has 1 heterocycles. The number of ether oxygens (including phenoxy) is 1. The van der Waals surface area contributed by atoms with Crippen molar-refractivity contribution in [2.45, 2.75) is 46.1 Å². The number of nitro groups is 1. The van der Waals surface area contributed by atoms with Crippen LogP contribution in [0.3, 0.4) is 0 Å². The smallest absolute Gasteiger partial charge is 0.357 e. The Morgan fingerprint density at radius 2 is 1.97 bits per heavy atom. The van der Waals surface area contributed by atoms with Crippen LogP contribution in [0.5, 0.6) is 5.75 Å². The fourth-order valence-corrected chi connectivity index (χ4v) is 5.07. The van der Waals surface area contributed by atoms with Gasteiger partial charge in [-0.05, 0) is 30.5 Å². The van der Waals surface area contributed by atoms with Crippen molar-refractivity contribution in [2.75, 3.05) is 5.75 Å². The first kappa shape index (κ1) is 26.7. The second-order valence-electron chi connectivity index (χ2n) is 8.26. The molecule has 1 aliphatic rings. The Morgan fingerprint density at radius 3 is 2.45 bits per heavy atom. The minimum Gasteiger partial charge on any atom is -0.476 e. The van der Waals surface area contributed by atoms with Gasteiger partial charge in [0.25, 0.3) is 5.69 Å². The molecule has 33 heavy (non-hydrogen) atoms. The molecule has 0 aromatic heterocycles. The lowest BCUT2D eigenvalue weighted by atomic mass is 9.92. The van der Waals surface area contributed by atoms with Gasteiger partial charge in [-0.25, -0.2) is 4.79 Å². The number of aliphatic hydroxyl groups is 1. The first-order valence-electron chi connectivity index (χ1n) is 10.0. The Labute approximate surface area is 199 Å². The van der Waals surface area contributed by atoms with Gasteiger partial charge in [0, 0.05) is 11.5 Å². The average molecular weight is 499 g/mol. The third-order valence-corrected chi connectivity index (χ3v) is 7.05. The van der Waals surface area contributed by atoms with Crippen molar-refractivity contribution in [1.29, 1.82) is 0 Å². The van der Waals surface area contributed by atoms with E-state index in [1.165, 1.54) is 36.9 Å². The van der Waals surface area contributed by atoms with Gasteiger partial charge in [-0.2, -0.15) is 0 Å². The summed E-state index contributed by atoms with van der Waals surface area (Å²) in [6, 6.07) is 5.07. The van der Waals surface area contributed by atoms with Crippen LogP contribution in [0.2, 0.25) is 0 Å². The number of non-ortho nitro benzene ring substituents is 1. The topological polar surface area (TPSA) is 147 Å². The van der Waals surface area contributed by atoms with Gasteiger partial charge < -0.3 is 14.9 Å². The van der Waals surface area contributed by atoms with E-state index in [0.717, 1.165) is 11.0 Å². The maximum Gasteiger partial charge on any atom is 0.357 e. The van der Waals surface area contributed by atoms with Crippen molar-refractivity contribution in [3.05, 3.63) is 45.2 Å². The van der Waals surface area contributed by atoms with Gasteiger partial charge in [-0.1, -0.05) is 33.8 Å². The number of thioether (sulfide) groups is 2. The predicted octanol–water partition coefficient (Wildman–Crippen LogP) is 3.45. The molecule has 2 N–H and O–H groups in total. The number of nitrogens with zero attached hydrogens (tertiary/aromatic N) is 2. The minimum absolute atomic E-state index is 0.0631. The molecule has 0 bridgehead atoms. The summed E-state index contributed by atoms with van der Waals surface area (Å²) in [5.74, 6) is -2.46. The van der Waals surface area contributed by atoms with Crippen LogP contribution in [0.1, 0.15) is 34.6 Å². The molecule has 1 aliphatic heterocycles. The van der Waals surface area contributed by atoms with Crippen LogP contribution in [-0.2, 0) is 14.4 Å². The number of hydrogen-bond acceptors (Lipinski definition) is 9. The summed E-state index contributed by atoms with van der Waals surface area (Å²) in [5, 5.41) is 29.6. The number of aliphatic carboxylic acids is 1. The van der Waals surface area contributed by atoms with E-state index < -0.39 is 50.4 Å². The van der Waals surface area contributed by atoms with Gasteiger partial charge in [-0.3, -0.25) is 24.6 Å². The number of carboxylic acids is 1. The first-order chi connectivity index (χ1) is 15.3. The van der Waals surface area contributed by atoms with E-state index in [1.807, 2.05) is 6.92 Å². The summed E-state index contributed by atoms with van der Waals surface area (Å²) < 4.78 is 5.69. The summed E-state index contributed by atoms with van der Waals surface area (Å²) in [5.41, 5.74) is -1.72.